The summed E-state index contributed by atoms with van der Waals surface area (Å²) >= 11 is 0. The maximum absolute atomic E-state index is 12.1. The normalized spacial score (nSPS) is 13.6. The van der Waals surface area contributed by atoms with Crippen molar-refractivity contribution in [2.45, 2.75) is 46.2 Å². The highest BCUT2D eigenvalue weighted by molar-refractivity contribution is 5.99. The lowest BCUT2D eigenvalue weighted by Gasteiger charge is -2.25. The molecule has 0 saturated carbocycles. The fourth-order valence-electron chi connectivity index (χ4n) is 5.16. The van der Waals surface area contributed by atoms with Crippen LogP contribution in [0.15, 0.2) is 30.6 Å². The Kier molecular flexibility index (Phi) is 7.07. The molecule has 4 heterocycles. The van der Waals surface area contributed by atoms with Crippen LogP contribution in [0.25, 0.3) is 11.0 Å². The molecule has 0 fully saturated rings. The summed E-state index contributed by atoms with van der Waals surface area (Å²) in [5.41, 5.74) is 5.77. The molecule has 2 N–H and O–H groups in total. The Morgan fingerprint density at radius 2 is 1.49 bits per heavy atom. The van der Waals surface area contributed by atoms with E-state index in [1.165, 1.54) is 0 Å². The molecule has 0 radical (unpaired) electrons. The summed E-state index contributed by atoms with van der Waals surface area (Å²) in [7, 11) is 5.90. The molecule has 196 valence electrons. The number of hydrogen-bond acceptors (Lipinski definition) is 6. The minimum Gasteiger partial charge on any atom is -0.478 e. The fourth-order valence-corrected chi connectivity index (χ4v) is 5.16. The van der Waals surface area contributed by atoms with Crippen LogP contribution in [-0.4, -0.2) is 78.9 Å². The molecule has 0 aliphatic carbocycles. The van der Waals surface area contributed by atoms with Crippen molar-refractivity contribution < 1.29 is 19.8 Å². The molecule has 0 amide bonds. The predicted octanol–water partition coefficient (Wildman–Crippen LogP) is 3.85. The van der Waals surface area contributed by atoms with Crippen molar-refractivity contribution in [2.75, 3.05) is 27.7 Å². The number of hydrogen-bond donors (Lipinski definition) is 2. The molecule has 37 heavy (non-hydrogen) atoms. The topological polar surface area (TPSA) is 116 Å². The molecule has 2 atom stereocenters. The number of rotatable bonds is 9. The van der Waals surface area contributed by atoms with Gasteiger partial charge in [-0.15, -0.1) is 0 Å². The highest BCUT2D eigenvalue weighted by Crippen LogP contribution is 2.31. The smallest absolute Gasteiger partial charge is 0.338 e. The third-order valence-corrected chi connectivity index (χ3v) is 7.54. The summed E-state index contributed by atoms with van der Waals surface area (Å²) in [6.45, 7) is 8.38. The van der Waals surface area contributed by atoms with Gasteiger partial charge in [0.05, 0.1) is 39.7 Å². The molecule has 0 aliphatic rings. The van der Waals surface area contributed by atoms with Crippen molar-refractivity contribution >= 4 is 23.0 Å². The number of likely N-dealkylation sites (N-methyl/N-ethyl adjacent to an activating group) is 1. The van der Waals surface area contributed by atoms with Gasteiger partial charge in [0.15, 0.2) is 0 Å². The largest absolute Gasteiger partial charge is 0.478 e. The van der Waals surface area contributed by atoms with Gasteiger partial charge < -0.3 is 15.1 Å². The van der Waals surface area contributed by atoms with E-state index in [1.54, 1.807) is 33.6 Å². The molecule has 2 unspecified atom stereocenters. The van der Waals surface area contributed by atoms with E-state index in [0.717, 1.165) is 22.5 Å². The lowest BCUT2D eigenvalue weighted by atomic mass is 10.1. The van der Waals surface area contributed by atoms with Crippen LogP contribution in [0.3, 0.4) is 0 Å². The van der Waals surface area contributed by atoms with E-state index in [4.69, 9.17) is 0 Å². The number of fused-ring (bicyclic) bond motifs is 2. The SMILES string of the molecule is Cc1c(C(=O)O)c2cc(CCN(C)C(C)c3c(C)c(C(=O)O)c4cccnn34)cnn2c1C(C)N(C)C. The number of aromatic carboxylic acids is 2. The van der Waals surface area contributed by atoms with Gasteiger partial charge in [-0.3, -0.25) is 4.90 Å². The van der Waals surface area contributed by atoms with Crippen molar-refractivity contribution in [1.29, 1.82) is 0 Å². The Morgan fingerprint density at radius 3 is 2.08 bits per heavy atom. The second-order valence-electron chi connectivity index (χ2n) is 9.91. The van der Waals surface area contributed by atoms with Crippen molar-refractivity contribution in [3.05, 3.63) is 69.8 Å². The first-order chi connectivity index (χ1) is 17.5. The number of carbonyl (C=O) groups is 2. The van der Waals surface area contributed by atoms with E-state index in [9.17, 15) is 19.8 Å². The summed E-state index contributed by atoms with van der Waals surface area (Å²) in [5.74, 6) is -1.93. The summed E-state index contributed by atoms with van der Waals surface area (Å²) in [6, 6.07) is 5.31. The molecular weight excluding hydrogens is 472 g/mol. The Morgan fingerprint density at radius 1 is 0.919 bits per heavy atom. The molecule has 0 aliphatic heterocycles. The number of nitrogens with zero attached hydrogens (tertiary/aromatic N) is 6. The molecule has 4 rings (SSSR count). The van der Waals surface area contributed by atoms with Crippen LogP contribution >= 0.6 is 0 Å². The lowest BCUT2D eigenvalue weighted by molar-refractivity contribution is 0.0687. The molecule has 4 aromatic rings. The second kappa shape index (κ2) is 9.95. The average Bonchev–Trinajstić information content (AvgIpc) is 3.30. The first-order valence-corrected chi connectivity index (χ1v) is 12.2. The monoisotopic (exact) mass is 506 g/mol. The van der Waals surface area contributed by atoms with E-state index in [2.05, 4.69) is 15.1 Å². The zero-order valence-electron chi connectivity index (χ0n) is 22.3. The van der Waals surface area contributed by atoms with Crippen molar-refractivity contribution in [2.24, 2.45) is 0 Å². The molecule has 0 spiro atoms. The van der Waals surface area contributed by atoms with Gasteiger partial charge in [-0.05, 0) is 90.1 Å². The first kappa shape index (κ1) is 26.3. The van der Waals surface area contributed by atoms with Gasteiger partial charge in [-0.25, -0.2) is 18.6 Å². The maximum Gasteiger partial charge on any atom is 0.338 e. The van der Waals surface area contributed by atoms with E-state index in [1.807, 2.05) is 59.8 Å². The standard InChI is InChI=1S/C27H34N6O4/c1-15-22(26(34)35)20-9-8-11-28-32(20)25(15)18(4)31(7)12-10-19-13-21-23(27(36)37)16(2)24(17(3)30(5)6)33(21)29-14-19/h8-9,11,13-14,17-18H,10,12H2,1-7H3,(H,34,35)(H,36,37). The second-order valence-corrected chi connectivity index (χ2v) is 9.91. The van der Waals surface area contributed by atoms with Gasteiger partial charge in [-0.1, -0.05) is 0 Å². The molecule has 0 saturated heterocycles. The number of carboxylic acid groups (broad SMARTS) is 2. The lowest BCUT2D eigenvalue weighted by Crippen LogP contribution is -2.26. The Balaban J connectivity index is 1.64. The Labute approximate surface area is 215 Å². The van der Waals surface area contributed by atoms with E-state index < -0.39 is 11.9 Å². The average molecular weight is 507 g/mol. The van der Waals surface area contributed by atoms with Gasteiger partial charge in [0, 0.05) is 24.8 Å². The number of aromatic nitrogens is 4. The van der Waals surface area contributed by atoms with E-state index >= 15 is 0 Å². The van der Waals surface area contributed by atoms with Crippen LogP contribution in [-0.2, 0) is 6.42 Å². The highest BCUT2D eigenvalue weighted by atomic mass is 16.4. The minimum absolute atomic E-state index is 0.00431. The van der Waals surface area contributed by atoms with Gasteiger partial charge in [0.25, 0.3) is 0 Å². The van der Waals surface area contributed by atoms with Gasteiger partial charge >= 0.3 is 11.9 Å². The third kappa shape index (κ3) is 4.47. The third-order valence-electron chi connectivity index (χ3n) is 7.54. The zero-order chi connectivity index (χ0) is 27.2. The summed E-state index contributed by atoms with van der Waals surface area (Å²) in [5, 5.41) is 28.8. The van der Waals surface area contributed by atoms with Crippen LogP contribution < -0.4 is 0 Å². The van der Waals surface area contributed by atoms with Crippen molar-refractivity contribution in [1.82, 2.24) is 29.0 Å². The van der Waals surface area contributed by atoms with Crippen LogP contribution in [0.4, 0.5) is 0 Å². The van der Waals surface area contributed by atoms with Gasteiger partial charge in [-0.2, -0.15) is 10.2 Å². The fraction of sp³-hybridized carbons (Fsp3) is 0.407. The predicted molar refractivity (Wildman–Crippen MR) is 141 cm³/mol. The summed E-state index contributed by atoms with van der Waals surface area (Å²) in [6.07, 6.45) is 4.10. The number of carboxylic acids is 2. The van der Waals surface area contributed by atoms with E-state index in [0.29, 0.717) is 29.6 Å². The quantitative estimate of drug-likeness (QED) is 0.352. The van der Waals surface area contributed by atoms with Crippen LogP contribution in [0.2, 0.25) is 0 Å². The van der Waals surface area contributed by atoms with Crippen molar-refractivity contribution in [3.63, 3.8) is 0 Å². The molecular formula is C27H34N6O4. The Hall–Kier alpha value is -3.76. The highest BCUT2D eigenvalue weighted by Gasteiger charge is 2.27. The maximum atomic E-state index is 12.1. The van der Waals surface area contributed by atoms with Gasteiger partial charge in [0.2, 0.25) is 0 Å². The van der Waals surface area contributed by atoms with Gasteiger partial charge in [0.1, 0.15) is 0 Å². The summed E-state index contributed by atoms with van der Waals surface area (Å²) < 4.78 is 3.46. The minimum atomic E-state index is -0.969. The van der Waals surface area contributed by atoms with Crippen LogP contribution in [0.5, 0.6) is 0 Å². The van der Waals surface area contributed by atoms with E-state index in [-0.39, 0.29) is 23.2 Å². The first-order valence-electron chi connectivity index (χ1n) is 12.2. The molecule has 10 nitrogen and oxygen atoms in total. The van der Waals surface area contributed by atoms with Crippen molar-refractivity contribution in [3.8, 4) is 0 Å². The summed E-state index contributed by atoms with van der Waals surface area (Å²) in [4.78, 5) is 28.2. The molecule has 0 aromatic carbocycles. The zero-order valence-corrected chi connectivity index (χ0v) is 22.3. The van der Waals surface area contributed by atoms with Crippen LogP contribution in [0, 0.1) is 13.8 Å². The van der Waals surface area contributed by atoms with Crippen LogP contribution in [0.1, 0.15) is 74.7 Å². The molecule has 10 heteroatoms. The molecule has 4 aromatic heterocycles. The molecule has 0 bridgehead atoms. The Bertz CT molecular complexity index is 1500.